The molecule has 0 bridgehead atoms. The molecule has 0 atom stereocenters. The van der Waals surface area contributed by atoms with E-state index in [1.54, 1.807) is 0 Å². The minimum atomic E-state index is 0.303. The molecule has 0 unspecified atom stereocenters. The Morgan fingerprint density at radius 3 is 2.58 bits per heavy atom. The van der Waals surface area contributed by atoms with Crippen LogP contribution in [0, 0.1) is 0 Å². The second-order valence-electron chi connectivity index (χ2n) is 6.72. The Morgan fingerprint density at radius 2 is 1.88 bits per heavy atom. The minimum Gasteiger partial charge on any atom is -0.348 e. The molecule has 1 aromatic carbocycles. The van der Waals surface area contributed by atoms with Gasteiger partial charge in [0.1, 0.15) is 0 Å². The van der Waals surface area contributed by atoms with E-state index in [9.17, 15) is 4.79 Å². The maximum absolute atomic E-state index is 12.5. The fourth-order valence-electron chi connectivity index (χ4n) is 3.61. The highest BCUT2D eigenvalue weighted by Gasteiger charge is 2.20. The molecule has 4 heteroatoms. The van der Waals surface area contributed by atoms with Crippen LogP contribution in [0.2, 0.25) is 0 Å². The Morgan fingerprint density at radius 1 is 1.08 bits per heavy atom. The lowest BCUT2D eigenvalue weighted by Gasteiger charge is -2.34. The van der Waals surface area contributed by atoms with E-state index in [-0.39, 0.29) is 0 Å². The predicted octanol–water partition coefficient (Wildman–Crippen LogP) is 3.15. The molecule has 1 fully saturated rings. The normalized spacial score (nSPS) is 16.0. The second kappa shape index (κ2) is 7.84. The summed E-state index contributed by atoms with van der Waals surface area (Å²) in [5.74, 6) is 0.303. The number of rotatable bonds is 6. The summed E-state index contributed by atoms with van der Waals surface area (Å²) < 4.78 is 2.26. The quantitative estimate of drug-likeness (QED) is 0.815. The van der Waals surface area contributed by atoms with Crippen molar-refractivity contribution in [2.24, 2.45) is 0 Å². The third kappa shape index (κ3) is 3.81. The van der Waals surface area contributed by atoms with Gasteiger partial charge in [-0.3, -0.25) is 9.69 Å². The Bertz CT molecular complexity index is 683. The fourth-order valence-corrected chi connectivity index (χ4v) is 3.61. The molecule has 2 heterocycles. The van der Waals surface area contributed by atoms with Gasteiger partial charge in [-0.1, -0.05) is 19.1 Å². The first kappa shape index (κ1) is 17.0. The first-order valence-electron chi connectivity index (χ1n) is 9.29. The third-order valence-electron chi connectivity index (χ3n) is 5.07. The number of carbonyl (C=O) groups is 1. The van der Waals surface area contributed by atoms with Gasteiger partial charge in [-0.05, 0) is 49.4 Å². The van der Waals surface area contributed by atoms with E-state index < -0.39 is 0 Å². The van der Waals surface area contributed by atoms with Gasteiger partial charge in [-0.2, -0.15) is 0 Å². The van der Waals surface area contributed by atoms with Crippen LogP contribution in [0.15, 0.2) is 30.5 Å². The van der Waals surface area contributed by atoms with E-state index in [1.165, 1.54) is 22.9 Å². The smallest absolute Gasteiger partial charge is 0.222 e. The first-order valence-corrected chi connectivity index (χ1v) is 9.29. The summed E-state index contributed by atoms with van der Waals surface area (Å²) in [6.45, 7) is 10.3. The fraction of sp³-hybridized carbons (Fsp3) is 0.550. The Hall–Kier alpha value is -1.81. The highest BCUT2D eigenvalue weighted by Crippen LogP contribution is 2.19. The van der Waals surface area contributed by atoms with Crippen LogP contribution >= 0.6 is 0 Å². The van der Waals surface area contributed by atoms with Gasteiger partial charge in [0.15, 0.2) is 0 Å². The number of aromatic nitrogens is 1. The van der Waals surface area contributed by atoms with Crippen molar-refractivity contribution in [2.45, 2.75) is 39.7 Å². The monoisotopic (exact) mass is 327 g/mol. The van der Waals surface area contributed by atoms with Gasteiger partial charge >= 0.3 is 0 Å². The van der Waals surface area contributed by atoms with Crippen molar-refractivity contribution in [3.8, 4) is 0 Å². The third-order valence-corrected chi connectivity index (χ3v) is 5.07. The van der Waals surface area contributed by atoms with Crippen molar-refractivity contribution < 1.29 is 4.79 Å². The minimum absolute atomic E-state index is 0.303. The summed E-state index contributed by atoms with van der Waals surface area (Å²) in [6.07, 6.45) is 4.77. The molecule has 3 rings (SSSR count). The highest BCUT2D eigenvalue weighted by molar-refractivity contribution is 5.81. The van der Waals surface area contributed by atoms with Crippen LogP contribution in [0.3, 0.4) is 0 Å². The molecular weight excluding hydrogens is 298 g/mol. The summed E-state index contributed by atoms with van der Waals surface area (Å²) in [5, 5.41) is 1.28. The predicted molar refractivity (Wildman–Crippen MR) is 99.2 cm³/mol. The number of carbonyl (C=O) groups excluding carboxylic acids is 1. The van der Waals surface area contributed by atoms with E-state index >= 15 is 0 Å². The van der Waals surface area contributed by atoms with Crippen LogP contribution in [0.5, 0.6) is 0 Å². The van der Waals surface area contributed by atoms with Crippen molar-refractivity contribution in [3.63, 3.8) is 0 Å². The molecule has 1 aliphatic rings. The van der Waals surface area contributed by atoms with Gasteiger partial charge in [0, 0.05) is 50.9 Å². The first-order chi connectivity index (χ1) is 11.7. The molecule has 1 amide bonds. The number of hydrogen-bond donors (Lipinski definition) is 0. The number of piperazine rings is 1. The van der Waals surface area contributed by atoms with Crippen molar-refractivity contribution in [2.75, 3.05) is 32.7 Å². The van der Waals surface area contributed by atoms with Gasteiger partial charge in [0.05, 0.1) is 0 Å². The average Bonchev–Trinajstić information content (AvgIpc) is 3.03. The molecule has 0 aliphatic carbocycles. The SMILES string of the molecule is CCCN1CCN(C(=O)CCc2ccc3ccn(CC)c3c2)CC1. The average molecular weight is 327 g/mol. The van der Waals surface area contributed by atoms with E-state index in [4.69, 9.17) is 0 Å². The maximum Gasteiger partial charge on any atom is 0.222 e. The van der Waals surface area contributed by atoms with Crippen LogP contribution in [0.4, 0.5) is 0 Å². The number of benzene rings is 1. The summed E-state index contributed by atoms with van der Waals surface area (Å²) in [5.41, 5.74) is 2.53. The molecule has 0 radical (unpaired) electrons. The number of nitrogens with zero attached hydrogens (tertiary/aromatic N) is 3. The number of aryl methyl sites for hydroxylation is 2. The van der Waals surface area contributed by atoms with Crippen LogP contribution in [-0.4, -0.2) is 53.0 Å². The van der Waals surface area contributed by atoms with Crippen LogP contribution < -0.4 is 0 Å². The van der Waals surface area contributed by atoms with Gasteiger partial charge in [0.2, 0.25) is 5.91 Å². The van der Waals surface area contributed by atoms with E-state index in [0.29, 0.717) is 12.3 Å². The van der Waals surface area contributed by atoms with E-state index in [1.807, 2.05) is 4.90 Å². The van der Waals surface area contributed by atoms with Gasteiger partial charge in [0.25, 0.3) is 0 Å². The summed E-state index contributed by atoms with van der Waals surface area (Å²) >= 11 is 0. The second-order valence-corrected chi connectivity index (χ2v) is 6.72. The van der Waals surface area contributed by atoms with Crippen molar-refractivity contribution in [1.82, 2.24) is 14.4 Å². The standard InChI is InChI=1S/C20H29N3O/c1-3-10-21-12-14-23(15-13-21)20(24)8-6-17-5-7-18-9-11-22(4-2)19(18)16-17/h5,7,9,11,16H,3-4,6,8,10,12-15H2,1-2H3. The zero-order valence-corrected chi connectivity index (χ0v) is 15.0. The lowest BCUT2D eigenvalue weighted by Crippen LogP contribution is -2.48. The molecule has 1 saturated heterocycles. The molecule has 0 N–H and O–H groups in total. The summed E-state index contributed by atoms with van der Waals surface area (Å²) in [7, 11) is 0. The molecule has 2 aromatic rings. The molecule has 24 heavy (non-hydrogen) atoms. The summed E-state index contributed by atoms with van der Waals surface area (Å²) in [6, 6.07) is 8.73. The lowest BCUT2D eigenvalue weighted by atomic mass is 10.1. The van der Waals surface area contributed by atoms with Crippen molar-refractivity contribution in [1.29, 1.82) is 0 Å². The zero-order chi connectivity index (χ0) is 16.9. The van der Waals surface area contributed by atoms with Crippen molar-refractivity contribution in [3.05, 3.63) is 36.0 Å². The number of hydrogen-bond acceptors (Lipinski definition) is 2. The largest absolute Gasteiger partial charge is 0.348 e. The van der Waals surface area contributed by atoms with Crippen LogP contribution in [0.1, 0.15) is 32.3 Å². The van der Waals surface area contributed by atoms with Gasteiger partial charge in [-0.15, -0.1) is 0 Å². The lowest BCUT2D eigenvalue weighted by molar-refractivity contribution is -0.132. The molecule has 4 nitrogen and oxygen atoms in total. The Kier molecular flexibility index (Phi) is 5.56. The molecular formula is C20H29N3O. The highest BCUT2D eigenvalue weighted by atomic mass is 16.2. The van der Waals surface area contributed by atoms with Crippen LogP contribution in [-0.2, 0) is 17.8 Å². The Labute approximate surface area is 145 Å². The topological polar surface area (TPSA) is 28.5 Å². The summed E-state index contributed by atoms with van der Waals surface area (Å²) in [4.78, 5) is 17.0. The molecule has 0 saturated carbocycles. The van der Waals surface area contributed by atoms with E-state index in [0.717, 1.165) is 45.7 Å². The Balaban J connectivity index is 1.55. The maximum atomic E-state index is 12.5. The molecule has 0 spiro atoms. The van der Waals surface area contributed by atoms with E-state index in [2.05, 4.69) is 53.8 Å². The van der Waals surface area contributed by atoms with Crippen LogP contribution in [0.25, 0.3) is 10.9 Å². The van der Waals surface area contributed by atoms with Gasteiger partial charge < -0.3 is 9.47 Å². The van der Waals surface area contributed by atoms with Gasteiger partial charge in [-0.25, -0.2) is 0 Å². The zero-order valence-electron chi connectivity index (χ0n) is 15.0. The molecule has 1 aliphatic heterocycles. The molecule has 130 valence electrons. The number of amides is 1. The van der Waals surface area contributed by atoms with Crippen molar-refractivity contribution >= 4 is 16.8 Å². The number of fused-ring (bicyclic) bond motifs is 1. The molecule has 1 aromatic heterocycles.